The zero-order valence-electron chi connectivity index (χ0n) is 13.3. The monoisotopic (exact) mass is 386 g/mol. The summed E-state index contributed by atoms with van der Waals surface area (Å²) in [4.78, 5) is 18.7. The molecule has 1 saturated heterocycles. The molecule has 1 aliphatic rings. The van der Waals surface area contributed by atoms with Gasteiger partial charge in [0.15, 0.2) is 0 Å². The van der Waals surface area contributed by atoms with Gasteiger partial charge in [0.1, 0.15) is 10.2 Å². The highest BCUT2D eigenvalue weighted by Crippen LogP contribution is 2.26. The Balaban J connectivity index is 1.96. The zero-order valence-corrected chi connectivity index (χ0v) is 15.7. The van der Waals surface area contributed by atoms with Crippen LogP contribution < -0.4 is 0 Å². The maximum absolute atomic E-state index is 12.4. The zero-order chi connectivity index (χ0) is 16.2. The number of carbonyl (C=O) groups is 1. The molecule has 1 atom stereocenters. The number of hydrogen-bond donors (Lipinski definition) is 0. The van der Waals surface area contributed by atoms with E-state index in [0.717, 1.165) is 41.2 Å². The minimum Gasteiger partial charge on any atom is -0.444 e. The lowest BCUT2D eigenvalue weighted by Gasteiger charge is -2.36. The van der Waals surface area contributed by atoms with E-state index in [2.05, 4.69) is 20.9 Å². The number of thioether (sulfide) groups is 1. The van der Waals surface area contributed by atoms with Crippen molar-refractivity contribution in [2.24, 2.45) is 0 Å². The molecule has 6 heteroatoms. The SMILES string of the molecule is CC(C)(C)OC(=O)N1CCCC[C@H]1CSc1cccc(Br)n1. The summed E-state index contributed by atoms with van der Waals surface area (Å²) in [6.07, 6.45) is 3.05. The fourth-order valence-electron chi connectivity index (χ4n) is 2.39. The summed E-state index contributed by atoms with van der Waals surface area (Å²) in [6, 6.07) is 6.11. The maximum atomic E-state index is 12.4. The Morgan fingerprint density at radius 3 is 2.91 bits per heavy atom. The topological polar surface area (TPSA) is 42.4 Å². The molecule has 0 unspecified atom stereocenters. The number of piperidine rings is 1. The molecule has 1 fully saturated rings. The van der Waals surface area contributed by atoms with Crippen molar-refractivity contribution < 1.29 is 9.53 Å². The van der Waals surface area contributed by atoms with E-state index in [-0.39, 0.29) is 12.1 Å². The molecule has 0 radical (unpaired) electrons. The van der Waals surface area contributed by atoms with Crippen LogP contribution in [0.5, 0.6) is 0 Å². The highest BCUT2D eigenvalue weighted by atomic mass is 79.9. The van der Waals surface area contributed by atoms with E-state index in [1.54, 1.807) is 11.8 Å². The number of likely N-dealkylation sites (tertiary alicyclic amines) is 1. The summed E-state index contributed by atoms with van der Waals surface area (Å²) in [5.74, 6) is 0.850. The van der Waals surface area contributed by atoms with E-state index < -0.39 is 5.60 Å². The fourth-order valence-corrected chi connectivity index (χ4v) is 3.89. The van der Waals surface area contributed by atoms with Gasteiger partial charge in [-0.15, -0.1) is 11.8 Å². The normalized spacial score (nSPS) is 19.1. The molecule has 1 aliphatic heterocycles. The molecule has 2 rings (SSSR count). The second-order valence-corrected chi connectivity index (χ2v) is 8.29. The van der Waals surface area contributed by atoms with Crippen LogP contribution in [0.25, 0.3) is 0 Å². The molecule has 122 valence electrons. The van der Waals surface area contributed by atoms with Crippen LogP contribution in [-0.4, -0.2) is 39.9 Å². The first-order chi connectivity index (χ1) is 10.3. The first-order valence-electron chi connectivity index (χ1n) is 7.60. The lowest BCUT2D eigenvalue weighted by molar-refractivity contribution is 0.0126. The Labute approximate surface area is 145 Å². The summed E-state index contributed by atoms with van der Waals surface area (Å²) in [5.41, 5.74) is -0.446. The number of pyridine rings is 1. The van der Waals surface area contributed by atoms with Crippen molar-refractivity contribution in [3.8, 4) is 0 Å². The van der Waals surface area contributed by atoms with E-state index in [9.17, 15) is 4.79 Å². The molecule has 1 aromatic rings. The second kappa shape index (κ2) is 7.68. The third-order valence-corrected chi connectivity index (χ3v) is 4.88. The van der Waals surface area contributed by atoms with Gasteiger partial charge in [0, 0.05) is 18.3 Å². The summed E-state index contributed by atoms with van der Waals surface area (Å²) in [7, 11) is 0. The Morgan fingerprint density at radius 1 is 1.45 bits per heavy atom. The van der Waals surface area contributed by atoms with Crippen LogP contribution in [0.4, 0.5) is 4.79 Å². The third-order valence-electron chi connectivity index (χ3n) is 3.37. The van der Waals surface area contributed by atoms with Gasteiger partial charge in [0.25, 0.3) is 0 Å². The van der Waals surface area contributed by atoms with Crippen LogP contribution in [0.3, 0.4) is 0 Å². The maximum Gasteiger partial charge on any atom is 0.410 e. The standard InChI is InChI=1S/C16H23BrN2O2S/c1-16(2,3)21-15(20)19-10-5-4-7-12(19)11-22-14-9-6-8-13(17)18-14/h6,8-9,12H,4-5,7,10-11H2,1-3H3/t12-/m0/s1. The predicted octanol–water partition coefficient (Wildman–Crippen LogP) is 4.73. The van der Waals surface area contributed by atoms with Crippen LogP contribution in [0, 0.1) is 0 Å². The van der Waals surface area contributed by atoms with Crippen molar-refractivity contribution in [3.05, 3.63) is 22.8 Å². The van der Waals surface area contributed by atoms with Gasteiger partial charge < -0.3 is 9.64 Å². The fraction of sp³-hybridized carbons (Fsp3) is 0.625. The quantitative estimate of drug-likeness (QED) is 0.556. The van der Waals surface area contributed by atoms with Crippen molar-refractivity contribution >= 4 is 33.8 Å². The van der Waals surface area contributed by atoms with Gasteiger partial charge in [-0.05, 0) is 68.1 Å². The Hall–Kier alpha value is -0.750. The molecule has 22 heavy (non-hydrogen) atoms. The van der Waals surface area contributed by atoms with Gasteiger partial charge in [-0.1, -0.05) is 6.07 Å². The van der Waals surface area contributed by atoms with Crippen LogP contribution in [0.1, 0.15) is 40.0 Å². The van der Waals surface area contributed by atoms with Crippen molar-refractivity contribution in [2.75, 3.05) is 12.3 Å². The van der Waals surface area contributed by atoms with Gasteiger partial charge in [-0.3, -0.25) is 0 Å². The Bertz CT molecular complexity index is 519. The molecular formula is C16H23BrN2O2S. The summed E-state index contributed by atoms with van der Waals surface area (Å²) in [5, 5.41) is 0.976. The summed E-state index contributed by atoms with van der Waals surface area (Å²) in [6.45, 7) is 6.50. The molecule has 0 N–H and O–H groups in total. The van der Waals surface area contributed by atoms with Crippen molar-refractivity contribution in [3.63, 3.8) is 0 Å². The number of rotatable bonds is 3. The predicted molar refractivity (Wildman–Crippen MR) is 93.2 cm³/mol. The average Bonchev–Trinajstić information content (AvgIpc) is 2.44. The first-order valence-corrected chi connectivity index (χ1v) is 9.38. The summed E-state index contributed by atoms with van der Waals surface area (Å²) >= 11 is 5.08. The van der Waals surface area contributed by atoms with Crippen LogP contribution in [-0.2, 0) is 4.74 Å². The van der Waals surface area contributed by atoms with Crippen molar-refractivity contribution in [2.45, 2.75) is 56.7 Å². The largest absolute Gasteiger partial charge is 0.444 e. The van der Waals surface area contributed by atoms with Gasteiger partial charge in [0.05, 0.1) is 5.03 Å². The van der Waals surface area contributed by atoms with Gasteiger partial charge in [-0.2, -0.15) is 0 Å². The summed E-state index contributed by atoms with van der Waals surface area (Å²) < 4.78 is 6.37. The number of carbonyl (C=O) groups excluding carboxylic acids is 1. The third kappa shape index (κ3) is 5.47. The lowest BCUT2D eigenvalue weighted by atomic mass is 10.0. The first kappa shape index (κ1) is 17.6. The molecule has 2 heterocycles. The van der Waals surface area contributed by atoms with Crippen molar-refractivity contribution in [1.82, 2.24) is 9.88 Å². The number of nitrogens with zero attached hydrogens (tertiary/aromatic N) is 2. The number of ether oxygens (including phenoxy) is 1. The smallest absolute Gasteiger partial charge is 0.410 e. The minimum absolute atomic E-state index is 0.194. The van der Waals surface area contributed by atoms with Crippen LogP contribution in [0.2, 0.25) is 0 Å². The number of hydrogen-bond acceptors (Lipinski definition) is 4. The molecule has 1 amide bonds. The van der Waals surface area contributed by atoms with Gasteiger partial charge in [-0.25, -0.2) is 9.78 Å². The number of aromatic nitrogens is 1. The van der Waals surface area contributed by atoms with Gasteiger partial charge >= 0.3 is 6.09 Å². The molecule has 0 aliphatic carbocycles. The van der Waals surface area contributed by atoms with E-state index in [1.807, 2.05) is 43.9 Å². The van der Waals surface area contributed by atoms with E-state index in [4.69, 9.17) is 4.74 Å². The Kier molecular flexibility index (Phi) is 6.15. The highest BCUT2D eigenvalue weighted by molar-refractivity contribution is 9.10. The molecule has 4 nitrogen and oxygen atoms in total. The molecule has 1 aromatic heterocycles. The minimum atomic E-state index is -0.446. The number of amides is 1. The van der Waals surface area contributed by atoms with E-state index in [1.165, 1.54) is 0 Å². The second-order valence-electron chi connectivity index (χ2n) is 6.43. The van der Waals surface area contributed by atoms with Gasteiger partial charge in [0.2, 0.25) is 0 Å². The molecule has 0 saturated carbocycles. The van der Waals surface area contributed by atoms with Crippen LogP contribution >= 0.6 is 27.7 Å². The highest BCUT2D eigenvalue weighted by Gasteiger charge is 2.30. The molecular weight excluding hydrogens is 364 g/mol. The molecule has 0 aromatic carbocycles. The lowest BCUT2D eigenvalue weighted by Crippen LogP contribution is -2.47. The number of halogens is 1. The van der Waals surface area contributed by atoms with E-state index >= 15 is 0 Å². The molecule has 0 spiro atoms. The Morgan fingerprint density at radius 2 is 2.23 bits per heavy atom. The van der Waals surface area contributed by atoms with Crippen molar-refractivity contribution in [1.29, 1.82) is 0 Å². The molecule has 0 bridgehead atoms. The van der Waals surface area contributed by atoms with E-state index in [0.29, 0.717) is 0 Å². The van der Waals surface area contributed by atoms with Crippen LogP contribution in [0.15, 0.2) is 27.8 Å². The average molecular weight is 387 g/mol.